The number of benzene rings is 9. The zero-order valence-electron chi connectivity index (χ0n) is 46.3. The third kappa shape index (κ3) is 8.62. The van der Waals surface area contributed by atoms with Crippen molar-refractivity contribution in [2.75, 3.05) is 16.5 Å². The van der Waals surface area contributed by atoms with Crippen LogP contribution in [0, 0.1) is 0 Å². The first-order chi connectivity index (χ1) is 37.5. The van der Waals surface area contributed by atoms with Crippen molar-refractivity contribution >= 4 is 44.6 Å². The molecule has 13 rings (SSSR count). The van der Waals surface area contributed by atoms with Gasteiger partial charge in [-0.05, 0) is 133 Å². The summed E-state index contributed by atoms with van der Waals surface area (Å²) in [6.45, 7) is 21.3. The summed E-state index contributed by atoms with van der Waals surface area (Å²) in [4.78, 5) is 10.1. The van der Waals surface area contributed by atoms with Crippen LogP contribution in [-0.2, 0) is 22.7 Å². The quantitative estimate of drug-likeness (QED) is 0.152. The fourth-order valence-corrected chi connectivity index (χ4v) is 11.9. The third-order valence-corrected chi connectivity index (χ3v) is 16.2. The SMILES string of the molecule is CC(C)(C)c1cc(-c2cccc(-c3cccc(-c4ccccc4)c3)c2N2CN(c3cccc(Oc4ccc5c6ccc7c(c6n(-c6cc(C(C)(C)C)ccn6)c5c4)-c4ccccc4C7)c3)c3ccccc32)cc(C(C)(C)C)c1. The van der Waals surface area contributed by atoms with Crippen LogP contribution < -0.4 is 14.5 Å². The molecule has 384 valence electrons. The van der Waals surface area contributed by atoms with Gasteiger partial charge in [0.25, 0.3) is 0 Å². The summed E-state index contributed by atoms with van der Waals surface area (Å²) in [7, 11) is 0. The van der Waals surface area contributed by atoms with E-state index >= 15 is 0 Å². The summed E-state index contributed by atoms with van der Waals surface area (Å²) in [6.07, 6.45) is 2.88. The average Bonchev–Trinajstić information content (AvgIpc) is 4.22. The molecule has 0 amide bonds. The Balaban J connectivity index is 0.923. The van der Waals surface area contributed by atoms with Gasteiger partial charge in [-0.3, -0.25) is 4.57 Å². The molecule has 0 saturated carbocycles. The highest BCUT2D eigenvalue weighted by molar-refractivity contribution is 6.15. The van der Waals surface area contributed by atoms with Gasteiger partial charge < -0.3 is 14.5 Å². The predicted octanol–water partition coefficient (Wildman–Crippen LogP) is 19.7. The Kier molecular flexibility index (Phi) is 11.6. The van der Waals surface area contributed by atoms with Crippen LogP contribution in [0.25, 0.3) is 72.1 Å². The second kappa shape index (κ2) is 18.5. The van der Waals surface area contributed by atoms with E-state index in [0.29, 0.717) is 6.67 Å². The minimum Gasteiger partial charge on any atom is -0.457 e. The monoisotopic (exact) mass is 1010 g/mol. The molecule has 9 aromatic carbocycles. The minimum atomic E-state index is -0.0501. The van der Waals surface area contributed by atoms with Crippen LogP contribution in [0.3, 0.4) is 0 Å². The minimum absolute atomic E-state index is 0.0473. The Morgan fingerprint density at radius 1 is 0.423 bits per heavy atom. The average molecular weight is 1020 g/mol. The largest absolute Gasteiger partial charge is 0.457 e. The van der Waals surface area contributed by atoms with Gasteiger partial charge in [0.15, 0.2) is 0 Å². The van der Waals surface area contributed by atoms with Crippen molar-refractivity contribution in [1.82, 2.24) is 9.55 Å². The molecule has 0 spiro atoms. The van der Waals surface area contributed by atoms with Crippen molar-refractivity contribution in [1.29, 1.82) is 0 Å². The lowest BCUT2D eigenvalue weighted by Gasteiger charge is -2.29. The van der Waals surface area contributed by atoms with Crippen LogP contribution in [-0.4, -0.2) is 16.2 Å². The van der Waals surface area contributed by atoms with Gasteiger partial charge in [0.1, 0.15) is 24.0 Å². The summed E-state index contributed by atoms with van der Waals surface area (Å²) in [5.74, 6) is 2.43. The van der Waals surface area contributed by atoms with Crippen LogP contribution in [0.2, 0.25) is 0 Å². The van der Waals surface area contributed by atoms with Gasteiger partial charge in [-0.1, -0.05) is 202 Å². The Morgan fingerprint density at radius 2 is 1.04 bits per heavy atom. The molecule has 1 aliphatic carbocycles. The second-order valence-corrected chi connectivity index (χ2v) is 24.5. The first kappa shape index (κ1) is 48.9. The van der Waals surface area contributed by atoms with Gasteiger partial charge in [-0.25, -0.2) is 4.98 Å². The fourth-order valence-electron chi connectivity index (χ4n) is 11.9. The van der Waals surface area contributed by atoms with Crippen molar-refractivity contribution in [2.24, 2.45) is 0 Å². The molecule has 0 saturated heterocycles. The highest BCUT2D eigenvalue weighted by Gasteiger charge is 2.33. The number of hydrogen-bond acceptors (Lipinski definition) is 4. The normalized spacial score (nSPS) is 13.3. The number of nitrogens with zero attached hydrogens (tertiary/aromatic N) is 4. The first-order valence-electron chi connectivity index (χ1n) is 27.6. The van der Waals surface area contributed by atoms with Gasteiger partial charge in [0.05, 0.1) is 28.1 Å². The zero-order valence-corrected chi connectivity index (χ0v) is 46.3. The molecule has 78 heavy (non-hydrogen) atoms. The lowest BCUT2D eigenvalue weighted by atomic mass is 9.78. The lowest BCUT2D eigenvalue weighted by Crippen LogP contribution is -2.25. The lowest BCUT2D eigenvalue weighted by molar-refractivity contribution is 0.483. The van der Waals surface area contributed by atoms with E-state index in [1.165, 1.54) is 94.3 Å². The van der Waals surface area contributed by atoms with E-state index in [-0.39, 0.29) is 16.2 Å². The summed E-state index contributed by atoms with van der Waals surface area (Å²) in [5, 5.41) is 2.38. The number of rotatable bonds is 8. The molecule has 0 bridgehead atoms. The van der Waals surface area contributed by atoms with E-state index < -0.39 is 0 Å². The molecule has 5 heteroatoms. The second-order valence-electron chi connectivity index (χ2n) is 24.5. The molecule has 11 aromatic rings. The van der Waals surface area contributed by atoms with E-state index in [1.54, 1.807) is 0 Å². The number of aromatic nitrogens is 2. The van der Waals surface area contributed by atoms with Crippen LogP contribution in [0.1, 0.15) is 90.1 Å². The van der Waals surface area contributed by atoms with Gasteiger partial charge in [-0.2, -0.15) is 0 Å². The molecule has 1 aliphatic heterocycles. The Hall–Kier alpha value is -8.67. The summed E-state index contributed by atoms with van der Waals surface area (Å²) in [6, 6.07) is 75.8. The van der Waals surface area contributed by atoms with E-state index in [0.717, 1.165) is 46.3 Å². The van der Waals surface area contributed by atoms with Crippen LogP contribution in [0.4, 0.5) is 22.7 Å². The Bertz CT molecular complexity index is 4110. The number of pyridine rings is 1. The van der Waals surface area contributed by atoms with Crippen molar-refractivity contribution in [3.63, 3.8) is 0 Å². The molecular formula is C73H66N4O. The third-order valence-electron chi connectivity index (χ3n) is 16.2. The van der Waals surface area contributed by atoms with Crippen LogP contribution in [0.15, 0.2) is 212 Å². The van der Waals surface area contributed by atoms with E-state index in [4.69, 9.17) is 9.72 Å². The number of fused-ring (bicyclic) bond motifs is 8. The van der Waals surface area contributed by atoms with Gasteiger partial charge in [-0.15, -0.1) is 0 Å². The molecule has 0 radical (unpaired) electrons. The number of ether oxygens (including phenoxy) is 1. The maximum Gasteiger partial charge on any atom is 0.137 e. The van der Waals surface area contributed by atoms with Crippen molar-refractivity contribution in [3.05, 3.63) is 240 Å². The Morgan fingerprint density at radius 3 is 1.79 bits per heavy atom. The molecule has 5 nitrogen and oxygen atoms in total. The van der Waals surface area contributed by atoms with Crippen LogP contribution >= 0.6 is 0 Å². The number of anilines is 4. The maximum atomic E-state index is 7.00. The molecule has 0 atom stereocenters. The van der Waals surface area contributed by atoms with E-state index in [9.17, 15) is 0 Å². The zero-order chi connectivity index (χ0) is 53.7. The summed E-state index contributed by atoms with van der Waals surface area (Å²) in [5.41, 5.74) is 23.0. The van der Waals surface area contributed by atoms with E-state index in [2.05, 4.69) is 283 Å². The first-order valence-corrected chi connectivity index (χ1v) is 27.6. The smallest absolute Gasteiger partial charge is 0.137 e. The number of para-hydroxylation sites is 3. The molecule has 0 fully saturated rings. The summed E-state index contributed by atoms with van der Waals surface area (Å²) < 4.78 is 9.39. The molecule has 2 aromatic heterocycles. The fraction of sp³-hybridized carbons (Fsp3) is 0.192. The standard InChI is InChI=1S/C73H66N4O/c1-71(2,3)53-36-37-74-67(43-53)77-66-45-58(33-35-62(66)63-34-32-51-39-49-22-13-14-27-59(49)68(51)70(63)77)78-57-26-18-25-56(44-57)75-46-76(65-31-16-15-30-64(65)75)69-60(50-24-17-23-48(38-50)47-20-11-10-12-21-47)28-19-29-61(69)52-40-54(72(4,5)6)42-55(41-52)73(7,8)9/h10-38,40-45H,39,46H2,1-9H3. The molecule has 0 unspecified atom stereocenters. The van der Waals surface area contributed by atoms with Gasteiger partial charge >= 0.3 is 0 Å². The van der Waals surface area contributed by atoms with Crippen LogP contribution in [0.5, 0.6) is 11.5 Å². The number of hydrogen-bond donors (Lipinski definition) is 0. The van der Waals surface area contributed by atoms with E-state index in [1.807, 2.05) is 6.20 Å². The predicted molar refractivity (Wildman–Crippen MR) is 328 cm³/mol. The highest BCUT2D eigenvalue weighted by atomic mass is 16.5. The highest BCUT2D eigenvalue weighted by Crippen LogP contribution is 2.52. The topological polar surface area (TPSA) is 33.5 Å². The molecule has 0 N–H and O–H groups in total. The van der Waals surface area contributed by atoms with Crippen molar-refractivity contribution < 1.29 is 4.74 Å². The molecule has 3 heterocycles. The van der Waals surface area contributed by atoms with Crippen molar-refractivity contribution in [3.8, 4) is 61.8 Å². The Labute approximate surface area is 460 Å². The molecule has 2 aliphatic rings. The summed E-state index contributed by atoms with van der Waals surface area (Å²) >= 11 is 0. The van der Waals surface area contributed by atoms with Gasteiger partial charge in [0.2, 0.25) is 0 Å². The van der Waals surface area contributed by atoms with Gasteiger partial charge in [0, 0.05) is 51.5 Å². The maximum absolute atomic E-state index is 7.00. The van der Waals surface area contributed by atoms with Crippen molar-refractivity contribution in [2.45, 2.75) is 85.0 Å². The molecular weight excluding hydrogens is 949 g/mol.